The number of halogens is 3. The highest BCUT2D eigenvalue weighted by atomic mass is 19.4. The molecule has 2 atom stereocenters. The van der Waals surface area contributed by atoms with E-state index < -0.39 is 12.1 Å². The Hall–Kier alpha value is -1.19. The van der Waals surface area contributed by atoms with Gasteiger partial charge in [0, 0.05) is 11.7 Å². The zero-order valence-corrected chi connectivity index (χ0v) is 10.4. The summed E-state index contributed by atoms with van der Waals surface area (Å²) in [6.07, 6.45) is -2.12. The molecule has 1 aliphatic carbocycles. The molecule has 1 aromatic rings. The van der Waals surface area contributed by atoms with Crippen LogP contribution in [0.5, 0.6) is 0 Å². The Morgan fingerprint density at radius 1 is 1.11 bits per heavy atom. The van der Waals surface area contributed by atoms with Crippen LogP contribution in [0.3, 0.4) is 0 Å². The normalized spacial score (nSPS) is 24.9. The third kappa shape index (κ3) is 3.40. The minimum atomic E-state index is -4.05. The maximum absolute atomic E-state index is 12.7. The Labute approximate surface area is 105 Å². The highest BCUT2D eigenvalue weighted by molar-refractivity contribution is 5.45. The summed E-state index contributed by atoms with van der Waals surface area (Å²) in [6.45, 7) is 1.99. The fourth-order valence-corrected chi connectivity index (χ4v) is 2.50. The summed E-state index contributed by atoms with van der Waals surface area (Å²) in [5.74, 6) is -1.14. The van der Waals surface area contributed by atoms with Crippen molar-refractivity contribution in [2.45, 2.75) is 44.8 Å². The van der Waals surface area contributed by atoms with E-state index in [0.717, 1.165) is 17.7 Å². The third-order valence-electron chi connectivity index (χ3n) is 3.56. The van der Waals surface area contributed by atoms with Crippen LogP contribution in [0.25, 0.3) is 0 Å². The van der Waals surface area contributed by atoms with Crippen LogP contribution >= 0.6 is 0 Å². The van der Waals surface area contributed by atoms with Crippen LogP contribution in [0.1, 0.15) is 31.2 Å². The van der Waals surface area contributed by atoms with Crippen LogP contribution in [-0.4, -0.2) is 12.2 Å². The lowest BCUT2D eigenvalue weighted by atomic mass is 9.85. The second-order valence-electron chi connectivity index (χ2n) is 5.11. The van der Waals surface area contributed by atoms with E-state index in [1.807, 2.05) is 31.2 Å². The van der Waals surface area contributed by atoms with Crippen molar-refractivity contribution < 1.29 is 13.2 Å². The third-order valence-corrected chi connectivity index (χ3v) is 3.56. The minimum absolute atomic E-state index is 0.0620. The molecule has 1 saturated carbocycles. The van der Waals surface area contributed by atoms with Gasteiger partial charge in [-0.05, 0) is 38.3 Å². The van der Waals surface area contributed by atoms with Gasteiger partial charge >= 0.3 is 6.18 Å². The number of aryl methyl sites for hydroxylation is 1. The van der Waals surface area contributed by atoms with Gasteiger partial charge in [0.1, 0.15) is 0 Å². The Morgan fingerprint density at radius 3 is 2.39 bits per heavy atom. The molecule has 1 aromatic carbocycles. The molecule has 0 radical (unpaired) electrons. The molecule has 0 aliphatic heterocycles. The van der Waals surface area contributed by atoms with E-state index in [1.54, 1.807) is 0 Å². The van der Waals surface area contributed by atoms with Crippen molar-refractivity contribution in [1.82, 2.24) is 0 Å². The maximum atomic E-state index is 12.7. The summed E-state index contributed by atoms with van der Waals surface area (Å²) in [4.78, 5) is 0. The Bertz CT molecular complexity index is 383. The molecule has 100 valence electrons. The standard InChI is InChI=1S/C14H18F3N/c1-10-5-7-12(8-6-10)18-13-4-2-3-11(9-13)14(15,16)17/h5-8,11,13,18H,2-4,9H2,1H3. The van der Waals surface area contributed by atoms with Gasteiger partial charge in [0.25, 0.3) is 0 Å². The molecule has 1 nitrogen and oxygen atoms in total. The maximum Gasteiger partial charge on any atom is 0.391 e. The number of rotatable bonds is 2. The molecule has 0 heterocycles. The second-order valence-corrected chi connectivity index (χ2v) is 5.11. The summed E-state index contributed by atoms with van der Waals surface area (Å²) < 4.78 is 38.0. The second kappa shape index (κ2) is 5.21. The van der Waals surface area contributed by atoms with Crippen molar-refractivity contribution in [2.75, 3.05) is 5.32 Å². The first-order valence-corrected chi connectivity index (χ1v) is 6.35. The summed E-state index contributed by atoms with van der Waals surface area (Å²) in [6, 6.07) is 7.71. The SMILES string of the molecule is Cc1ccc(NC2CCCC(C(F)(F)F)C2)cc1. The zero-order chi connectivity index (χ0) is 13.2. The summed E-state index contributed by atoms with van der Waals surface area (Å²) in [5.41, 5.74) is 2.06. The summed E-state index contributed by atoms with van der Waals surface area (Å²) in [5, 5.41) is 3.21. The van der Waals surface area contributed by atoms with Crippen LogP contribution in [0, 0.1) is 12.8 Å². The lowest BCUT2D eigenvalue weighted by Gasteiger charge is -2.31. The quantitative estimate of drug-likeness (QED) is 0.820. The van der Waals surface area contributed by atoms with E-state index in [9.17, 15) is 13.2 Å². The van der Waals surface area contributed by atoms with E-state index >= 15 is 0 Å². The number of nitrogens with one attached hydrogen (secondary N) is 1. The van der Waals surface area contributed by atoms with Gasteiger partial charge in [-0.1, -0.05) is 24.1 Å². The number of hydrogen-bond acceptors (Lipinski definition) is 1. The van der Waals surface area contributed by atoms with Crippen LogP contribution < -0.4 is 5.32 Å². The minimum Gasteiger partial charge on any atom is -0.382 e. The highest BCUT2D eigenvalue weighted by Gasteiger charge is 2.42. The Kier molecular flexibility index (Phi) is 3.83. The largest absolute Gasteiger partial charge is 0.391 e. The number of benzene rings is 1. The zero-order valence-electron chi connectivity index (χ0n) is 10.4. The van der Waals surface area contributed by atoms with Gasteiger partial charge < -0.3 is 5.32 Å². The molecule has 1 aliphatic rings. The summed E-state index contributed by atoms with van der Waals surface area (Å²) in [7, 11) is 0. The molecule has 0 spiro atoms. The van der Waals surface area contributed by atoms with Crippen LogP contribution in [-0.2, 0) is 0 Å². The van der Waals surface area contributed by atoms with Crippen molar-refractivity contribution in [3.63, 3.8) is 0 Å². The van der Waals surface area contributed by atoms with Gasteiger partial charge in [0.05, 0.1) is 5.92 Å². The lowest BCUT2D eigenvalue weighted by molar-refractivity contribution is -0.182. The van der Waals surface area contributed by atoms with E-state index in [-0.39, 0.29) is 18.9 Å². The Morgan fingerprint density at radius 2 is 1.78 bits per heavy atom. The van der Waals surface area contributed by atoms with E-state index in [1.165, 1.54) is 0 Å². The van der Waals surface area contributed by atoms with Crippen molar-refractivity contribution in [1.29, 1.82) is 0 Å². The average molecular weight is 257 g/mol. The fourth-order valence-electron chi connectivity index (χ4n) is 2.50. The number of anilines is 1. The molecule has 1 fully saturated rings. The molecular formula is C14H18F3N. The van der Waals surface area contributed by atoms with E-state index in [4.69, 9.17) is 0 Å². The monoisotopic (exact) mass is 257 g/mol. The van der Waals surface area contributed by atoms with E-state index in [0.29, 0.717) is 6.42 Å². The van der Waals surface area contributed by atoms with Gasteiger partial charge in [-0.15, -0.1) is 0 Å². The molecule has 1 N–H and O–H groups in total. The molecule has 0 aromatic heterocycles. The van der Waals surface area contributed by atoms with Crippen molar-refractivity contribution >= 4 is 5.69 Å². The van der Waals surface area contributed by atoms with Crippen LogP contribution in [0.15, 0.2) is 24.3 Å². The molecule has 0 saturated heterocycles. The fraction of sp³-hybridized carbons (Fsp3) is 0.571. The summed E-state index contributed by atoms with van der Waals surface area (Å²) >= 11 is 0. The predicted molar refractivity (Wildman–Crippen MR) is 66.6 cm³/mol. The average Bonchev–Trinajstić information content (AvgIpc) is 2.31. The number of hydrogen-bond donors (Lipinski definition) is 1. The Balaban J connectivity index is 1.95. The van der Waals surface area contributed by atoms with Gasteiger partial charge in [0.15, 0.2) is 0 Å². The molecular weight excluding hydrogens is 239 g/mol. The molecule has 0 bridgehead atoms. The van der Waals surface area contributed by atoms with Gasteiger partial charge in [-0.2, -0.15) is 13.2 Å². The molecule has 18 heavy (non-hydrogen) atoms. The number of alkyl halides is 3. The molecule has 0 amide bonds. The smallest absolute Gasteiger partial charge is 0.382 e. The predicted octanol–water partition coefficient (Wildman–Crippen LogP) is 4.53. The first-order chi connectivity index (χ1) is 8.45. The van der Waals surface area contributed by atoms with E-state index in [2.05, 4.69) is 5.32 Å². The van der Waals surface area contributed by atoms with Crippen LogP contribution in [0.4, 0.5) is 18.9 Å². The van der Waals surface area contributed by atoms with Crippen molar-refractivity contribution in [3.8, 4) is 0 Å². The first kappa shape index (κ1) is 13.2. The van der Waals surface area contributed by atoms with Gasteiger partial charge in [-0.25, -0.2) is 0 Å². The lowest BCUT2D eigenvalue weighted by Crippen LogP contribution is -2.34. The topological polar surface area (TPSA) is 12.0 Å². The molecule has 2 unspecified atom stereocenters. The van der Waals surface area contributed by atoms with Gasteiger partial charge in [0.2, 0.25) is 0 Å². The van der Waals surface area contributed by atoms with Crippen molar-refractivity contribution in [3.05, 3.63) is 29.8 Å². The van der Waals surface area contributed by atoms with Crippen LogP contribution in [0.2, 0.25) is 0 Å². The molecule has 2 rings (SSSR count). The highest BCUT2D eigenvalue weighted by Crippen LogP contribution is 2.38. The van der Waals surface area contributed by atoms with Gasteiger partial charge in [-0.3, -0.25) is 0 Å². The molecule has 4 heteroatoms. The first-order valence-electron chi connectivity index (χ1n) is 6.35. The van der Waals surface area contributed by atoms with Crippen molar-refractivity contribution in [2.24, 2.45) is 5.92 Å².